The van der Waals surface area contributed by atoms with Crippen LogP contribution in [0.1, 0.15) is 25.8 Å². The topological polar surface area (TPSA) is 15.3 Å². The van der Waals surface area contributed by atoms with Crippen LogP contribution in [-0.2, 0) is 6.54 Å². The first-order valence-electron chi connectivity index (χ1n) is 5.66. The molecule has 2 nitrogen and oxygen atoms in total. The molecule has 15 heavy (non-hydrogen) atoms. The van der Waals surface area contributed by atoms with Gasteiger partial charge < -0.3 is 5.32 Å². The molecule has 0 aliphatic rings. The second-order valence-electron chi connectivity index (χ2n) is 4.04. The third-order valence-corrected chi connectivity index (χ3v) is 3.49. The SMILES string of the molecule is CCNCCC(C)N(C)Cc1ccsc1. The molecule has 0 fully saturated rings. The summed E-state index contributed by atoms with van der Waals surface area (Å²) in [6, 6.07) is 2.85. The highest BCUT2D eigenvalue weighted by Gasteiger charge is 2.08. The number of nitrogens with zero attached hydrogens (tertiary/aromatic N) is 1. The number of hydrogen-bond acceptors (Lipinski definition) is 3. The first kappa shape index (κ1) is 12.7. The van der Waals surface area contributed by atoms with Gasteiger partial charge in [0, 0.05) is 12.6 Å². The summed E-state index contributed by atoms with van der Waals surface area (Å²) >= 11 is 1.78. The average Bonchev–Trinajstić information content (AvgIpc) is 2.70. The third kappa shape index (κ3) is 4.78. The zero-order chi connectivity index (χ0) is 11.1. The van der Waals surface area contributed by atoms with Crippen molar-refractivity contribution in [3.8, 4) is 0 Å². The molecule has 0 saturated carbocycles. The molecule has 1 unspecified atom stereocenters. The summed E-state index contributed by atoms with van der Waals surface area (Å²) in [6.45, 7) is 7.70. The van der Waals surface area contributed by atoms with Gasteiger partial charge in [-0.15, -0.1) is 0 Å². The van der Waals surface area contributed by atoms with Crippen LogP contribution in [0, 0.1) is 0 Å². The molecule has 1 rings (SSSR count). The van der Waals surface area contributed by atoms with Gasteiger partial charge in [0.2, 0.25) is 0 Å². The average molecular weight is 226 g/mol. The van der Waals surface area contributed by atoms with Crippen LogP contribution in [0.3, 0.4) is 0 Å². The van der Waals surface area contributed by atoms with Crippen molar-refractivity contribution in [3.05, 3.63) is 22.4 Å². The Balaban J connectivity index is 2.23. The minimum absolute atomic E-state index is 0.643. The maximum Gasteiger partial charge on any atom is 0.0241 e. The molecule has 3 heteroatoms. The van der Waals surface area contributed by atoms with Crippen molar-refractivity contribution in [2.75, 3.05) is 20.1 Å². The molecule has 1 aromatic heterocycles. The van der Waals surface area contributed by atoms with E-state index in [1.807, 2.05) is 0 Å². The third-order valence-electron chi connectivity index (χ3n) is 2.75. The van der Waals surface area contributed by atoms with Crippen molar-refractivity contribution in [2.24, 2.45) is 0 Å². The Kier molecular flexibility index (Phi) is 5.91. The van der Waals surface area contributed by atoms with Gasteiger partial charge in [-0.1, -0.05) is 6.92 Å². The predicted octanol–water partition coefficient (Wildman–Crippen LogP) is 2.57. The predicted molar refractivity (Wildman–Crippen MR) is 68.4 cm³/mol. The zero-order valence-electron chi connectivity index (χ0n) is 9.99. The second-order valence-corrected chi connectivity index (χ2v) is 4.82. The molecule has 0 aliphatic carbocycles. The monoisotopic (exact) mass is 226 g/mol. The molecule has 1 heterocycles. The largest absolute Gasteiger partial charge is 0.317 e. The quantitative estimate of drug-likeness (QED) is 0.719. The number of nitrogens with one attached hydrogen (secondary N) is 1. The second kappa shape index (κ2) is 6.99. The van der Waals surface area contributed by atoms with E-state index in [2.05, 4.69) is 47.9 Å². The lowest BCUT2D eigenvalue weighted by Gasteiger charge is -2.24. The fourth-order valence-corrected chi connectivity index (χ4v) is 2.19. The van der Waals surface area contributed by atoms with Crippen molar-refractivity contribution >= 4 is 11.3 Å². The Morgan fingerprint density at radius 3 is 2.93 bits per heavy atom. The van der Waals surface area contributed by atoms with E-state index < -0.39 is 0 Å². The molecule has 0 amide bonds. The molecule has 1 aromatic rings. The van der Waals surface area contributed by atoms with Crippen molar-refractivity contribution in [2.45, 2.75) is 32.9 Å². The zero-order valence-corrected chi connectivity index (χ0v) is 10.8. The van der Waals surface area contributed by atoms with Crippen LogP contribution in [0.4, 0.5) is 0 Å². The van der Waals surface area contributed by atoms with Gasteiger partial charge >= 0.3 is 0 Å². The summed E-state index contributed by atoms with van der Waals surface area (Å²) in [7, 11) is 2.20. The molecule has 0 radical (unpaired) electrons. The van der Waals surface area contributed by atoms with Gasteiger partial charge in [-0.2, -0.15) is 11.3 Å². The van der Waals surface area contributed by atoms with Crippen LogP contribution >= 0.6 is 11.3 Å². The van der Waals surface area contributed by atoms with Gasteiger partial charge in [-0.3, -0.25) is 4.90 Å². The van der Waals surface area contributed by atoms with E-state index in [0.29, 0.717) is 6.04 Å². The lowest BCUT2D eigenvalue weighted by molar-refractivity contribution is 0.237. The molecular formula is C12H22N2S. The molecule has 1 atom stereocenters. The Bertz CT molecular complexity index is 246. The Morgan fingerprint density at radius 1 is 1.53 bits per heavy atom. The van der Waals surface area contributed by atoms with E-state index in [9.17, 15) is 0 Å². The summed E-state index contributed by atoms with van der Waals surface area (Å²) in [5, 5.41) is 7.74. The van der Waals surface area contributed by atoms with Crippen LogP contribution in [0.15, 0.2) is 16.8 Å². The smallest absolute Gasteiger partial charge is 0.0241 e. The standard InChI is InChI=1S/C12H22N2S/c1-4-13-7-5-11(2)14(3)9-12-6-8-15-10-12/h6,8,10-11,13H,4-5,7,9H2,1-3H3. The van der Waals surface area contributed by atoms with E-state index >= 15 is 0 Å². The van der Waals surface area contributed by atoms with E-state index in [0.717, 1.165) is 19.6 Å². The molecule has 86 valence electrons. The van der Waals surface area contributed by atoms with E-state index in [-0.39, 0.29) is 0 Å². The summed E-state index contributed by atoms with van der Waals surface area (Å²) in [5.41, 5.74) is 1.43. The van der Waals surface area contributed by atoms with Crippen molar-refractivity contribution < 1.29 is 0 Å². The Labute approximate surface area is 97.3 Å². The molecule has 0 spiro atoms. The van der Waals surface area contributed by atoms with Crippen LogP contribution in [0.2, 0.25) is 0 Å². The molecule has 0 saturated heterocycles. The first-order valence-corrected chi connectivity index (χ1v) is 6.60. The molecule has 0 bridgehead atoms. The van der Waals surface area contributed by atoms with Crippen LogP contribution in [0.5, 0.6) is 0 Å². The van der Waals surface area contributed by atoms with Gasteiger partial charge in [0.05, 0.1) is 0 Å². The lowest BCUT2D eigenvalue weighted by atomic mass is 10.2. The highest BCUT2D eigenvalue weighted by atomic mass is 32.1. The lowest BCUT2D eigenvalue weighted by Crippen LogP contribution is -2.31. The van der Waals surface area contributed by atoms with E-state index in [4.69, 9.17) is 0 Å². The van der Waals surface area contributed by atoms with Crippen molar-refractivity contribution in [3.63, 3.8) is 0 Å². The van der Waals surface area contributed by atoms with Gasteiger partial charge in [0.25, 0.3) is 0 Å². The molecule has 1 N–H and O–H groups in total. The highest BCUT2D eigenvalue weighted by molar-refractivity contribution is 7.07. The Morgan fingerprint density at radius 2 is 2.33 bits per heavy atom. The van der Waals surface area contributed by atoms with E-state index in [1.165, 1.54) is 12.0 Å². The summed E-state index contributed by atoms with van der Waals surface area (Å²) in [6.07, 6.45) is 1.22. The van der Waals surface area contributed by atoms with Gasteiger partial charge in [0.1, 0.15) is 0 Å². The number of rotatable bonds is 7. The maximum atomic E-state index is 3.37. The summed E-state index contributed by atoms with van der Waals surface area (Å²) in [4.78, 5) is 2.42. The molecule has 0 aromatic carbocycles. The summed E-state index contributed by atoms with van der Waals surface area (Å²) in [5.74, 6) is 0. The van der Waals surface area contributed by atoms with Crippen LogP contribution in [0.25, 0.3) is 0 Å². The fourth-order valence-electron chi connectivity index (χ4n) is 1.53. The van der Waals surface area contributed by atoms with Crippen molar-refractivity contribution in [1.82, 2.24) is 10.2 Å². The number of hydrogen-bond donors (Lipinski definition) is 1. The van der Waals surface area contributed by atoms with Gasteiger partial charge in [-0.05, 0) is 55.9 Å². The summed E-state index contributed by atoms with van der Waals surface area (Å²) < 4.78 is 0. The van der Waals surface area contributed by atoms with Crippen molar-refractivity contribution in [1.29, 1.82) is 0 Å². The van der Waals surface area contributed by atoms with Gasteiger partial charge in [0.15, 0.2) is 0 Å². The van der Waals surface area contributed by atoms with Gasteiger partial charge in [-0.25, -0.2) is 0 Å². The normalized spacial score (nSPS) is 13.3. The van der Waals surface area contributed by atoms with E-state index in [1.54, 1.807) is 11.3 Å². The first-order chi connectivity index (χ1) is 7.24. The van der Waals surface area contributed by atoms with Crippen LogP contribution < -0.4 is 5.32 Å². The fraction of sp³-hybridized carbons (Fsp3) is 0.667. The maximum absolute atomic E-state index is 3.37. The minimum Gasteiger partial charge on any atom is -0.317 e. The highest BCUT2D eigenvalue weighted by Crippen LogP contribution is 2.11. The Hall–Kier alpha value is -0.380. The minimum atomic E-state index is 0.643. The molecular weight excluding hydrogens is 204 g/mol. The van der Waals surface area contributed by atoms with Crippen LogP contribution in [-0.4, -0.2) is 31.1 Å². The number of thiophene rings is 1. The molecule has 0 aliphatic heterocycles.